The SMILES string of the molecule is CCn1cc(NCc2cc(Br)ccc2OC)ccc1=O. The van der Waals surface area contributed by atoms with Crippen LogP contribution in [-0.4, -0.2) is 11.7 Å². The Hall–Kier alpha value is -1.75. The van der Waals surface area contributed by atoms with E-state index in [1.807, 2.05) is 31.3 Å². The third-order valence-electron chi connectivity index (χ3n) is 3.05. The van der Waals surface area contributed by atoms with Crippen LogP contribution in [0.2, 0.25) is 0 Å². The molecule has 0 saturated carbocycles. The standard InChI is InChI=1S/C15H17BrN2O2/c1-3-18-10-13(5-7-15(18)19)17-9-11-8-12(16)4-6-14(11)20-2/h4-8,10,17H,3,9H2,1-2H3. The van der Waals surface area contributed by atoms with Crippen molar-refractivity contribution in [2.24, 2.45) is 0 Å². The van der Waals surface area contributed by atoms with Gasteiger partial charge in [0.25, 0.3) is 5.56 Å². The van der Waals surface area contributed by atoms with E-state index in [0.717, 1.165) is 21.5 Å². The van der Waals surface area contributed by atoms with Crippen LogP contribution in [0.5, 0.6) is 5.75 Å². The maximum absolute atomic E-state index is 11.5. The first-order valence-electron chi connectivity index (χ1n) is 6.41. The molecule has 1 aromatic carbocycles. The number of hydrogen-bond acceptors (Lipinski definition) is 3. The number of ether oxygens (including phenoxy) is 1. The fourth-order valence-electron chi connectivity index (χ4n) is 1.97. The summed E-state index contributed by atoms with van der Waals surface area (Å²) in [6.45, 7) is 3.24. The molecule has 0 aliphatic carbocycles. The minimum atomic E-state index is 0.0121. The lowest BCUT2D eigenvalue weighted by molar-refractivity contribution is 0.410. The second-order valence-corrected chi connectivity index (χ2v) is 5.27. The van der Waals surface area contributed by atoms with Crippen LogP contribution in [0.15, 0.2) is 45.8 Å². The van der Waals surface area contributed by atoms with E-state index in [0.29, 0.717) is 13.1 Å². The molecule has 0 fully saturated rings. The first-order chi connectivity index (χ1) is 9.63. The van der Waals surface area contributed by atoms with Gasteiger partial charge in [-0.15, -0.1) is 0 Å². The van der Waals surface area contributed by atoms with E-state index >= 15 is 0 Å². The Morgan fingerprint density at radius 2 is 2.10 bits per heavy atom. The van der Waals surface area contributed by atoms with Crippen molar-refractivity contribution in [3.05, 3.63) is 56.9 Å². The van der Waals surface area contributed by atoms with E-state index in [-0.39, 0.29) is 5.56 Å². The number of rotatable bonds is 5. The first-order valence-corrected chi connectivity index (χ1v) is 7.20. The van der Waals surface area contributed by atoms with Crippen LogP contribution in [0.1, 0.15) is 12.5 Å². The molecule has 0 saturated heterocycles. The van der Waals surface area contributed by atoms with Crippen molar-refractivity contribution >= 4 is 21.6 Å². The average Bonchev–Trinajstić information content (AvgIpc) is 2.46. The van der Waals surface area contributed by atoms with Gasteiger partial charge in [-0.05, 0) is 31.2 Å². The molecule has 1 N–H and O–H groups in total. The van der Waals surface area contributed by atoms with Crippen LogP contribution < -0.4 is 15.6 Å². The molecule has 20 heavy (non-hydrogen) atoms. The summed E-state index contributed by atoms with van der Waals surface area (Å²) in [6.07, 6.45) is 1.83. The van der Waals surface area contributed by atoms with Crippen molar-refractivity contribution in [1.29, 1.82) is 0 Å². The molecule has 5 heteroatoms. The van der Waals surface area contributed by atoms with Gasteiger partial charge in [0, 0.05) is 35.4 Å². The summed E-state index contributed by atoms with van der Waals surface area (Å²) in [5.74, 6) is 0.838. The van der Waals surface area contributed by atoms with E-state index in [1.54, 1.807) is 23.8 Å². The Morgan fingerprint density at radius 1 is 1.30 bits per heavy atom. The van der Waals surface area contributed by atoms with E-state index < -0.39 is 0 Å². The van der Waals surface area contributed by atoms with Gasteiger partial charge >= 0.3 is 0 Å². The highest BCUT2D eigenvalue weighted by Crippen LogP contribution is 2.23. The predicted octanol–water partition coefficient (Wildman–Crippen LogP) is 3.25. The molecule has 0 radical (unpaired) electrons. The highest BCUT2D eigenvalue weighted by atomic mass is 79.9. The van der Waals surface area contributed by atoms with E-state index in [2.05, 4.69) is 21.2 Å². The molecule has 1 heterocycles. The number of nitrogens with one attached hydrogen (secondary N) is 1. The van der Waals surface area contributed by atoms with Crippen molar-refractivity contribution < 1.29 is 4.74 Å². The number of hydrogen-bond donors (Lipinski definition) is 1. The molecule has 0 amide bonds. The summed E-state index contributed by atoms with van der Waals surface area (Å²) in [6, 6.07) is 9.25. The predicted molar refractivity (Wildman–Crippen MR) is 84.4 cm³/mol. The van der Waals surface area contributed by atoms with Crippen LogP contribution in [0.4, 0.5) is 5.69 Å². The Kier molecular flexibility index (Phi) is 4.84. The van der Waals surface area contributed by atoms with Crippen molar-refractivity contribution in [3.8, 4) is 5.75 Å². The molecule has 0 aliphatic heterocycles. The van der Waals surface area contributed by atoms with Crippen LogP contribution in [0.25, 0.3) is 0 Å². The zero-order valence-corrected chi connectivity index (χ0v) is 13.1. The topological polar surface area (TPSA) is 43.3 Å². The molecule has 0 spiro atoms. The summed E-state index contributed by atoms with van der Waals surface area (Å²) >= 11 is 3.46. The molecule has 0 atom stereocenters. The monoisotopic (exact) mass is 336 g/mol. The number of pyridine rings is 1. The highest BCUT2D eigenvalue weighted by molar-refractivity contribution is 9.10. The normalized spacial score (nSPS) is 10.3. The smallest absolute Gasteiger partial charge is 0.250 e. The van der Waals surface area contributed by atoms with Crippen LogP contribution in [-0.2, 0) is 13.1 Å². The Morgan fingerprint density at radius 3 is 2.80 bits per heavy atom. The third kappa shape index (κ3) is 3.42. The fraction of sp³-hybridized carbons (Fsp3) is 0.267. The van der Waals surface area contributed by atoms with E-state index in [4.69, 9.17) is 4.74 Å². The van der Waals surface area contributed by atoms with Crippen LogP contribution in [0.3, 0.4) is 0 Å². The van der Waals surface area contributed by atoms with Gasteiger partial charge in [0.05, 0.1) is 12.8 Å². The Bertz CT molecular complexity index is 653. The molecule has 0 bridgehead atoms. The van der Waals surface area contributed by atoms with E-state index in [9.17, 15) is 4.79 Å². The van der Waals surface area contributed by atoms with E-state index in [1.165, 1.54) is 0 Å². The van der Waals surface area contributed by atoms with Gasteiger partial charge in [0.2, 0.25) is 0 Å². The first kappa shape index (κ1) is 14.7. The summed E-state index contributed by atoms with van der Waals surface area (Å²) in [5.41, 5.74) is 1.97. The Labute approximate surface area is 126 Å². The molecule has 1 aromatic heterocycles. The van der Waals surface area contributed by atoms with Crippen molar-refractivity contribution in [3.63, 3.8) is 0 Å². The minimum absolute atomic E-state index is 0.0121. The molecule has 4 nitrogen and oxygen atoms in total. The second-order valence-electron chi connectivity index (χ2n) is 4.35. The number of benzene rings is 1. The molecule has 106 valence electrons. The van der Waals surface area contributed by atoms with Gasteiger partial charge in [-0.1, -0.05) is 15.9 Å². The molecule has 0 unspecified atom stereocenters. The second kappa shape index (κ2) is 6.61. The van der Waals surface area contributed by atoms with Gasteiger partial charge in [-0.3, -0.25) is 4.79 Å². The third-order valence-corrected chi connectivity index (χ3v) is 3.54. The highest BCUT2D eigenvalue weighted by Gasteiger charge is 2.04. The molecular formula is C15H17BrN2O2. The summed E-state index contributed by atoms with van der Waals surface area (Å²) in [7, 11) is 1.66. The lowest BCUT2D eigenvalue weighted by Crippen LogP contribution is -2.17. The number of halogens is 1. The van der Waals surface area contributed by atoms with Crippen molar-refractivity contribution in [2.75, 3.05) is 12.4 Å². The maximum atomic E-state index is 11.5. The lowest BCUT2D eigenvalue weighted by Gasteiger charge is -2.12. The van der Waals surface area contributed by atoms with Crippen molar-refractivity contribution in [1.82, 2.24) is 4.57 Å². The van der Waals surface area contributed by atoms with Gasteiger partial charge in [-0.2, -0.15) is 0 Å². The lowest BCUT2D eigenvalue weighted by atomic mass is 10.2. The average molecular weight is 337 g/mol. The zero-order chi connectivity index (χ0) is 14.5. The van der Waals surface area contributed by atoms with Gasteiger partial charge in [-0.25, -0.2) is 0 Å². The molecule has 0 aliphatic rings. The van der Waals surface area contributed by atoms with Gasteiger partial charge < -0.3 is 14.6 Å². The number of nitrogens with zero attached hydrogens (tertiary/aromatic N) is 1. The summed E-state index contributed by atoms with van der Waals surface area (Å²) in [4.78, 5) is 11.5. The maximum Gasteiger partial charge on any atom is 0.250 e. The fourth-order valence-corrected chi connectivity index (χ4v) is 2.37. The van der Waals surface area contributed by atoms with Crippen LogP contribution >= 0.6 is 15.9 Å². The summed E-state index contributed by atoms with van der Waals surface area (Å²) in [5, 5.41) is 3.30. The zero-order valence-electron chi connectivity index (χ0n) is 11.5. The minimum Gasteiger partial charge on any atom is -0.496 e. The Balaban J connectivity index is 2.16. The quantitative estimate of drug-likeness (QED) is 0.911. The van der Waals surface area contributed by atoms with Crippen molar-refractivity contribution in [2.45, 2.75) is 20.0 Å². The molecule has 2 aromatic rings. The summed E-state index contributed by atoms with van der Waals surface area (Å²) < 4.78 is 8.01. The van der Waals surface area contributed by atoms with Gasteiger partial charge in [0.1, 0.15) is 5.75 Å². The number of methoxy groups -OCH3 is 1. The number of aromatic nitrogens is 1. The van der Waals surface area contributed by atoms with Gasteiger partial charge in [0.15, 0.2) is 0 Å². The molecule has 2 rings (SSSR count). The molecular weight excluding hydrogens is 320 g/mol. The van der Waals surface area contributed by atoms with Crippen LogP contribution in [0, 0.1) is 0 Å². The largest absolute Gasteiger partial charge is 0.496 e. The number of aryl methyl sites for hydroxylation is 1. The number of anilines is 1.